The van der Waals surface area contributed by atoms with Gasteiger partial charge in [-0.2, -0.15) is 0 Å². The van der Waals surface area contributed by atoms with Crippen molar-refractivity contribution in [3.05, 3.63) is 0 Å². The Morgan fingerprint density at radius 1 is 1.23 bits per heavy atom. The molecule has 0 aromatic rings. The number of carbonyl (C=O) groups is 2. The maximum absolute atomic E-state index is 9.65. The van der Waals surface area contributed by atoms with E-state index in [1.807, 2.05) is 6.92 Å². The van der Waals surface area contributed by atoms with Gasteiger partial charge in [-0.15, -0.1) is 0 Å². The van der Waals surface area contributed by atoms with Gasteiger partial charge in [-0.25, -0.2) is 0 Å². The molecule has 0 spiro atoms. The molecule has 0 rings (SSSR count). The van der Waals surface area contributed by atoms with Crippen molar-refractivity contribution >= 4 is 11.9 Å². The van der Waals surface area contributed by atoms with Crippen molar-refractivity contribution in [2.75, 3.05) is 0 Å². The standard InChI is InChI=1S/C4H8O3.C4H8O2/c1-3(5)2-4(6)7;1-2-3-4(5)6/h3,5H,2H2,1H3,(H,6,7);2-3H2,1H3,(H,5,6)/t3-;/m1./s1. The lowest BCUT2D eigenvalue weighted by Crippen LogP contribution is -2.07. The Labute approximate surface area is 77.0 Å². The molecule has 0 unspecified atom stereocenters. The van der Waals surface area contributed by atoms with Crippen molar-refractivity contribution in [2.24, 2.45) is 0 Å². The fraction of sp³-hybridized carbons (Fsp3) is 0.750. The average molecular weight is 192 g/mol. The molecule has 13 heavy (non-hydrogen) atoms. The van der Waals surface area contributed by atoms with E-state index in [0.29, 0.717) is 6.42 Å². The summed E-state index contributed by atoms with van der Waals surface area (Å²) in [5.74, 6) is -1.67. The van der Waals surface area contributed by atoms with E-state index in [4.69, 9.17) is 15.3 Å². The van der Waals surface area contributed by atoms with Gasteiger partial charge >= 0.3 is 11.9 Å². The molecule has 0 aliphatic heterocycles. The van der Waals surface area contributed by atoms with Gasteiger partial charge in [0, 0.05) is 6.42 Å². The third-order valence-corrected chi connectivity index (χ3v) is 0.934. The molecule has 0 aromatic heterocycles. The van der Waals surface area contributed by atoms with Gasteiger partial charge in [0.1, 0.15) is 0 Å². The Kier molecular flexibility index (Phi) is 9.98. The van der Waals surface area contributed by atoms with E-state index >= 15 is 0 Å². The molecule has 0 aliphatic carbocycles. The van der Waals surface area contributed by atoms with Crippen molar-refractivity contribution in [1.82, 2.24) is 0 Å². The van der Waals surface area contributed by atoms with Crippen molar-refractivity contribution < 1.29 is 24.9 Å². The predicted octanol–water partition coefficient (Wildman–Crippen LogP) is 0.713. The van der Waals surface area contributed by atoms with E-state index in [9.17, 15) is 9.59 Å². The first-order valence-corrected chi connectivity index (χ1v) is 4.01. The number of hydrogen-bond acceptors (Lipinski definition) is 3. The van der Waals surface area contributed by atoms with E-state index in [0.717, 1.165) is 6.42 Å². The second kappa shape index (κ2) is 8.99. The first-order valence-electron chi connectivity index (χ1n) is 4.01. The monoisotopic (exact) mass is 192 g/mol. The number of carboxylic acids is 2. The molecule has 1 atom stereocenters. The Morgan fingerprint density at radius 3 is 1.69 bits per heavy atom. The third-order valence-electron chi connectivity index (χ3n) is 0.934. The zero-order valence-electron chi connectivity index (χ0n) is 7.86. The topological polar surface area (TPSA) is 94.8 Å². The highest BCUT2D eigenvalue weighted by Gasteiger charge is 2.00. The van der Waals surface area contributed by atoms with E-state index in [2.05, 4.69) is 0 Å². The molecule has 0 heterocycles. The van der Waals surface area contributed by atoms with E-state index in [1.165, 1.54) is 6.92 Å². The summed E-state index contributed by atoms with van der Waals surface area (Å²) < 4.78 is 0. The lowest BCUT2D eigenvalue weighted by atomic mass is 10.3. The normalized spacial score (nSPS) is 11.0. The smallest absolute Gasteiger partial charge is 0.305 e. The molecule has 0 fully saturated rings. The first kappa shape index (κ1) is 14.4. The molecule has 0 radical (unpaired) electrons. The number of rotatable bonds is 4. The van der Waals surface area contributed by atoms with E-state index in [1.54, 1.807) is 0 Å². The number of carboxylic acid groups (broad SMARTS) is 2. The molecule has 0 saturated heterocycles. The van der Waals surface area contributed by atoms with Gasteiger partial charge in [0.2, 0.25) is 0 Å². The second-order valence-corrected chi connectivity index (χ2v) is 2.59. The highest BCUT2D eigenvalue weighted by atomic mass is 16.4. The molecule has 0 aromatic carbocycles. The van der Waals surface area contributed by atoms with Crippen LogP contribution in [0.4, 0.5) is 0 Å². The molecule has 0 amide bonds. The van der Waals surface area contributed by atoms with Crippen LogP contribution in [0.2, 0.25) is 0 Å². The highest BCUT2D eigenvalue weighted by Crippen LogP contribution is 1.85. The molecular weight excluding hydrogens is 176 g/mol. The molecule has 3 N–H and O–H groups in total. The molecule has 0 bridgehead atoms. The lowest BCUT2D eigenvalue weighted by molar-refractivity contribution is -0.139. The summed E-state index contributed by atoms with van der Waals surface area (Å²) in [6, 6.07) is 0. The Bertz CT molecular complexity index is 153. The minimum absolute atomic E-state index is 0.167. The van der Waals surface area contributed by atoms with Gasteiger partial charge in [0.05, 0.1) is 12.5 Å². The SMILES string of the molecule is CCCC(=O)O.C[C@@H](O)CC(=O)O. The average Bonchev–Trinajstić information content (AvgIpc) is 1.83. The number of aliphatic hydroxyl groups excluding tert-OH is 1. The van der Waals surface area contributed by atoms with Gasteiger partial charge in [-0.3, -0.25) is 9.59 Å². The summed E-state index contributed by atoms with van der Waals surface area (Å²) in [4.78, 5) is 19.2. The van der Waals surface area contributed by atoms with Gasteiger partial charge in [-0.1, -0.05) is 6.92 Å². The zero-order valence-corrected chi connectivity index (χ0v) is 7.86. The Hall–Kier alpha value is -1.10. The maximum Gasteiger partial charge on any atom is 0.305 e. The highest BCUT2D eigenvalue weighted by molar-refractivity contribution is 5.67. The summed E-state index contributed by atoms with van der Waals surface area (Å²) in [5.41, 5.74) is 0. The summed E-state index contributed by atoms with van der Waals surface area (Å²) in [7, 11) is 0. The molecule has 78 valence electrons. The predicted molar refractivity (Wildman–Crippen MR) is 46.5 cm³/mol. The van der Waals surface area contributed by atoms with Crippen LogP contribution >= 0.6 is 0 Å². The fourth-order valence-corrected chi connectivity index (χ4v) is 0.467. The van der Waals surface area contributed by atoms with Crippen molar-refractivity contribution in [1.29, 1.82) is 0 Å². The van der Waals surface area contributed by atoms with E-state index < -0.39 is 18.0 Å². The zero-order chi connectivity index (χ0) is 10.9. The van der Waals surface area contributed by atoms with Gasteiger partial charge in [0.25, 0.3) is 0 Å². The first-order chi connectivity index (χ1) is 5.90. The molecular formula is C8H16O5. The minimum Gasteiger partial charge on any atom is -0.481 e. The van der Waals surface area contributed by atoms with Crippen LogP contribution in [0.1, 0.15) is 33.1 Å². The van der Waals surface area contributed by atoms with Gasteiger partial charge < -0.3 is 15.3 Å². The van der Waals surface area contributed by atoms with Crippen LogP contribution in [0.15, 0.2) is 0 Å². The van der Waals surface area contributed by atoms with Crippen LogP contribution in [0.3, 0.4) is 0 Å². The molecule has 0 aliphatic rings. The van der Waals surface area contributed by atoms with Crippen molar-refractivity contribution in [2.45, 2.75) is 39.2 Å². The molecule has 5 heteroatoms. The quantitative estimate of drug-likeness (QED) is 0.609. The van der Waals surface area contributed by atoms with Crippen LogP contribution in [0, 0.1) is 0 Å². The van der Waals surface area contributed by atoms with Crippen molar-refractivity contribution in [3.8, 4) is 0 Å². The van der Waals surface area contributed by atoms with E-state index in [-0.39, 0.29) is 6.42 Å². The summed E-state index contributed by atoms with van der Waals surface area (Å²) >= 11 is 0. The second-order valence-electron chi connectivity index (χ2n) is 2.59. The molecule has 5 nitrogen and oxygen atoms in total. The molecule has 0 saturated carbocycles. The van der Waals surface area contributed by atoms with Crippen LogP contribution in [-0.2, 0) is 9.59 Å². The van der Waals surface area contributed by atoms with Crippen LogP contribution in [0.5, 0.6) is 0 Å². The largest absolute Gasteiger partial charge is 0.481 e. The number of hydrogen-bond donors (Lipinski definition) is 3. The van der Waals surface area contributed by atoms with Crippen LogP contribution < -0.4 is 0 Å². The van der Waals surface area contributed by atoms with Gasteiger partial charge in [0.15, 0.2) is 0 Å². The summed E-state index contributed by atoms with van der Waals surface area (Å²) in [6.07, 6.45) is 0.132. The van der Waals surface area contributed by atoms with Crippen molar-refractivity contribution in [3.63, 3.8) is 0 Å². The fourth-order valence-electron chi connectivity index (χ4n) is 0.467. The summed E-state index contributed by atoms with van der Waals surface area (Å²) in [5, 5.41) is 24.2. The maximum atomic E-state index is 9.65. The third kappa shape index (κ3) is 24.8. The Morgan fingerprint density at radius 2 is 1.69 bits per heavy atom. The van der Waals surface area contributed by atoms with Gasteiger partial charge in [-0.05, 0) is 13.3 Å². The van der Waals surface area contributed by atoms with Crippen LogP contribution in [-0.4, -0.2) is 33.4 Å². The number of aliphatic carboxylic acids is 2. The lowest BCUT2D eigenvalue weighted by Gasteiger charge is -1.94. The Balaban J connectivity index is 0. The minimum atomic E-state index is -0.963. The number of aliphatic hydroxyl groups is 1. The van der Waals surface area contributed by atoms with Crippen LogP contribution in [0.25, 0.3) is 0 Å². The summed E-state index contributed by atoms with van der Waals surface area (Å²) in [6.45, 7) is 3.28.